The average Bonchev–Trinajstić information content (AvgIpc) is 2.97. The number of halogens is 4. The molecule has 0 heterocycles. The summed E-state index contributed by atoms with van der Waals surface area (Å²) in [5, 5.41) is 0. The number of nitrogens with zero attached hydrogens (tertiary/aromatic N) is 1. The number of rotatable bonds is 12. The highest BCUT2D eigenvalue weighted by Crippen LogP contribution is 2.48. The van der Waals surface area contributed by atoms with Crippen molar-refractivity contribution in [2.45, 2.75) is 23.5 Å². The third kappa shape index (κ3) is 6.88. The van der Waals surface area contributed by atoms with E-state index in [9.17, 15) is 18.0 Å². The molecule has 39 heavy (non-hydrogen) atoms. The third-order valence-electron chi connectivity index (χ3n) is 6.63. The lowest BCUT2D eigenvalue weighted by atomic mass is 9.89. The predicted molar refractivity (Wildman–Crippen MR) is 148 cm³/mol. The van der Waals surface area contributed by atoms with Gasteiger partial charge < -0.3 is 4.74 Å². The zero-order valence-electron chi connectivity index (χ0n) is 21.2. The van der Waals surface area contributed by atoms with E-state index in [1.807, 2.05) is 60.7 Å². The largest absolute Gasteiger partial charge is 0.494 e. The minimum Gasteiger partial charge on any atom is -0.494 e. The van der Waals surface area contributed by atoms with Crippen LogP contribution in [0.5, 0.6) is 5.75 Å². The number of carbonyl (C=O) groups is 1. The van der Waals surface area contributed by atoms with E-state index in [2.05, 4.69) is 0 Å². The fourth-order valence-electron chi connectivity index (χ4n) is 4.64. The number of hydrogen-bond donors (Lipinski definition) is 0. The van der Waals surface area contributed by atoms with Crippen LogP contribution in [0.4, 0.5) is 13.2 Å². The Kier molecular flexibility index (Phi) is 9.44. The molecule has 0 saturated carbocycles. The van der Waals surface area contributed by atoms with Crippen LogP contribution in [-0.2, 0) is 5.00 Å². The quantitative estimate of drug-likeness (QED) is 0.0772. The minimum absolute atomic E-state index is 0.0277. The molecule has 1 atom stereocenters. The Morgan fingerprint density at radius 1 is 0.769 bits per heavy atom. The third-order valence-corrected chi connectivity index (χ3v) is 7.30. The fourth-order valence-corrected chi connectivity index (χ4v) is 4.92. The lowest BCUT2D eigenvalue weighted by Gasteiger charge is -2.42. The second-order valence-electron chi connectivity index (χ2n) is 9.19. The van der Waals surface area contributed by atoms with Crippen LogP contribution in [0.1, 0.15) is 39.4 Å². The van der Waals surface area contributed by atoms with Crippen molar-refractivity contribution in [3.63, 3.8) is 0 Å². The molecule has 0 aromatic heterocycles. The Morgan fingerprint density at radius 3 is 1.77 bits per heavy atom. The molecular formula is C32H29ClF3NO2. The van der Waals surface area contributed by atoms with Gasteiger partial charge in [0.15, 0.2) is 0 Å². The van der Waals surface area contributed by atoms with Gasteiger partial charge in [0.1, 0.15) is 12.0 Å². The molecule has 0 fully saturated rings. The van der Waals surface area contributed by atoms with Gasteiger partial charge >= 0.3 is 6.18 Å². The summed E-state index contributed by atoms with van der Waals surface area (Å²) in [6, 6.07) is 33.2. The Hall–Kier alpha value is -3.61. The minimum atomic E-state index is -4.76. The maximum atomic E-state index is 14.9. The fraction of sp³-hybridized carbons (Fsp3) is 0.219. The lowest BCUT2D eigenvalue weighted by Crippen LogP contribution is -2.54. The van der Waals surface area contributed by atoms with Gasteiger partial charge in [-0.1, -0.05) is 103 Å². The molecule has 0 saturated heterocycles. The summed E-state index contributed by atoms with van der Waals surface area (Å²) < 4.78 is 50.5. The van der Waals surface area contributed by atoms with Crippen molar-refractivity contribution in [3.05, 3.63) is 138 Å². The highest BCUT2D eigenvalue weighted by Gasteiger charge is 2.59. The summed E-state index contributed by atoms with van der Waals surface area (Å²) in [6.45, 7) is 0.234. The molecule has 3 nitrogen and oxygen atoms in total. The molecule has 0 amide bonds. The number of benzene rings is 4. The lowest BCUT2D eigenvalue weighted by molar-refractivity contribution is -0.206. The van der Waals surface area contributed by atoms with Gasteiger partial charge in [0.05, 0.1) is 6.61 Å². The van der Waals surface area contributed by atoms with E-state index < -0.39 is 11.2 Å². The maximum absolute atomic E-state index is 14.9. The Balaban J connectivity index is 1.66. The summed E-state index contributed by atoms with van der Waals surface area (Å²) in [5.74, 6) is 0.183. The monoisotopic (exact) mass is 551 g/mol. The molecule has 0 radical (unpaired) electrons. The van der Waals surface area contributed by atoms with E-state index in [1.165, 1.54) is 17.0 Å². The van der Waals surface area contributed by atoms with E-state index >= 15 is 0 Å². The molecule has 0 aliphatic rings. The van der Waals surface area contributed by atoms with Crippen molar-refractivity contribution in [1.29, 1.82) is 0 Å². The van der Waals surface area contributed by atoms with E-state index in [0.29, 0.717) is 17.7 Å². The van der Waals surface area contributed by atoms with Crippen molar-refractivity contribution in [1.82, 2.24) is 4.90 Å². The maximum Gasteiger partial charge on any atom is 0.425 e. The second kappa shape index (κ2) is 13.0. The zero-order chi connectivity index (χ0) is 27.7. The van der Waals surface area contributed by atoms with E-state index in [0.717, 1.165) is 17.4 Å². The van der Waals surface area contributed by atoms with Crippen LogP contribution in [0.25, 0.3) is 0 Å². The molecule has 0 spiro atoms. The molecule has 202 valence electrons. The molecule has 0 aliphatic heterocycles. The molecule has 0 N–H and O–H groups in total. The van der Waals surface area contributed by atoms with Crippen molar-refractivity contribution < 1.29 is 22.7 Å². The van der Waals surface area contributed by atoms with Crippen LogP contribution in [0.2, 0.25) is 0 Å². The van der Waals surface area contributed by atoms with Crippen LogP contribution in [0.3, 0.4) is 0 Å². The van der Waals surface area contributed by atoms with Crippen molar-refractivity contribution in [2.24, 2.45) is 0 Å². The standard InChI is InChI=1S/C32H29ClF3NO2/c33-31(32(34,35)36,28-15-8-3-9-16-28)37(21-10-22-39-29-19-17-25(24-38)18-20-29)23-30(26-11-4-1-5-12-26)27-13-6-2-7-14-27/h1-9,11-20,24,30H,10,21-23H2. The first kappa shape index (κ1) is 28.4. The van der Waals surface area contributed by atoms with Gasteiger partial charge in [0.25, 0.3) is 0 Å². The molecule has 0 bridgehead atoms. The van der Waals surface area contributed by atoms with E-state index in [1.54, 1.807) is 42.5 Å². The zero-order valence-corrected chi connectivity index (χ0v) is 22.0. The van der Waals surface area contributed by atoms with Crippen LogP contribution in [-0.4, -0.2) is 37.1 Å². The molecule has 4 rings (SSSR count). The van der Waals surface area contributed by atoms with Gasteiger partial charge in [-0.05, 0) is 47.4 Å². The van der Waals surface area contributed by atoms with Crippen LogP contribution in [0.15, 0.2) is 115 Å². The van der Waals surface area contributed by atoms with Gasteiger partial charge in [-0.3, -0.25) is 9.69 Å². The molecular weight excluding hydrogens is 523 g/mol. The number of aldehydes is 1. The number of alkyl halides is 4. The Labute approximate surface area is 231 Å². The van der Waals surface area contributed by atoms with Gasteiger partial charge in [-0.2, -0.15) is 13.2 Å². The SMILES string of the molecule is O=Cc1ccc(OCCCN(CC(c2ccccc2)c2ccccc2)C(Cl)(c2ccccc2)C(F)(F)F)cc1. The van der Waals surface area contributed by atoms with Crippen LogP contribution < -0.4 is 4.74 Å². The van der Waals surface area contributed by atoms with Gasteiger partial charge in [0.2, 0.25) is 5.00 Å². The molecule has 4 aromatic rings. The molecule has 1 unspecified atom stereocenters. The topological polar surface area (TPSA) is 29.5 Å². The summed E-state index contributed by atoms with van der Waals surface area (Å²) in [6.07, 6.45) is -3.74. The van der Waals surface area contributed by atoms with E-state index in [-0.39, 0.29) is 31.2 Å². The molecule has 4 aromatic carbocycles. The van der Waals surface area contributed by atoms with Crippen molar-refractivity contribution in [2.75, 3.05) is 19.7 Å². The normalized spacial score (nSPS) is 13.3. The average molecular weight is 552 g/mol. The number of ether oxygens (including phenoxy) is 1. The van der Waals surface area contributed by atoms with Gasteiger partial charge in [0, 0.05) is 24.6 Å². The number of carbonyl (C=O) groups excluding carboxylic acids is 1. The first-order valence-corrected chi connectivity index (χ1v) is 13.0. The smallest absolute Gasteiger partial charge is 0.425 e. The van der Waals surface area contributed by atoms with Crippen molar-refractivity contribution >= 4 is 17.9 Å². The Bertz CT molecular complexity index is 1260. The van der Waals surface area contributed by atoms with Crippen molar-refractivity contribution in [3.8, 4) is 5.75 Å². The van der Waals surface area contributed by atoms with Crippen LogP contribution >= 0.6 is 11.6 Å². The highest BCUT2D eigenvalue weighted by molar-refractivity contribution is 6.24. The molecule has 0 aliphatic carbocycles. The first-order valence-electron chi connectivity index (χ1n) is 12.7. The van der Waals surface area contributed by atoms with Gasteiger partial charge in [-0.15, -0.1) is 0 Å². The Morgan fingerprint density at radius 2 is 1.28 bits per heavy atom. The van der Waals surface area contributed by atoms with Crippen LogP contribution in [0, 0.1) is 0 Å². The molecule has 7 heteroatoms. The predicted octanol–water partition coefficient (Wildman–Crippen LogP) is 8.06. The van der Waals surface area contributed by atoms with E-state index in [4.69, 9.17) is 16.3 Å². The highest BCUT2D eigenvalue weighted by atomic mass is 35.5. The summed E-state index contributed by atoms with van der Waals surface area (Å²) in [5.41, 5.74) is 2.27. The summed E-state index contributed by atoms with van der Waals surface area (Å²) in [7, 11) is 0. The summed E-state index contributed by atoms with van der Waals surface area (Å²) in [4.78, 5) is 9.45. The number of hydrogen-bond acceptors (Lipinski definition) is 3. The summed E-state index contributed by atoms with van der Waals surface area (Å²) >= 11 is 6.68. The first-order chi connectivity index (χ1) is 18.8. The second-order valence-corrected chi connectivity index (χ2v) is 9.74. The van der Waals surface area contributed by atoms with Gasteiger partial charge in [-0.25, -0.2) is 0 Å².